The van der Waals surface area contributed by atoms with E-state index in [0.717, 1.165) is 27.8 Å². The van der Waals surface area contributed by atoms with Crippen LogP contribution < -0.4 is 4.74 Å². The predicted octanol–water partition coefficient (Wildman–Crippen LogP) is 2.43. The molecular weight excluding hydrogens is 370 g/mol. The Bertz CT molecular complexity index is 867. The van der Waals surface area contributed by atoms with Crippen LogP contribution in [0.15, 0.2) is 30.5 Å². The average Bonchev–Trinajstić information content (AvgIpc) is 3.04. The van der Waals surface area contributed by atoms with Gasteiger partial charge in [-0.15, -0.1) is 0 Å². The van der Waals surface area contributed by atoms with Gasteiger partial charge >= 0.3 is 5.97 Å². The minimum atomic E-state index is -2.64. The zero-order valence-corrected chi connectivity index (χ0v) is 15.8. The zero-order valence-electron chi connectivity index (χ0n) is 15.0. The van der Waals surface area contributed by atoms with E-state index in [9.17, 15) is 13.6 Å². The van der Waals surface area contributed by atoms with Crippen LogP contribution in [0.1, 0.15) is 33.9 Å². The number of benzene rings is 1. The smallest absolute Gasteiger partial charge is 0.341 e. The Kier molecular flexibility index (Phi) is 5.88. The van der Waals surface area contributed by atoms with E-state index in [1.54, 1.807) is 6.20 Å². The molecule has 0 bridgehead atoms. The molecule has 1 heterocycles. The molecule has 0 radical (unpaired) electrons. The number of fused-ring (bicyclic) bond motifs is 1. The number of carbonyl (C=O) groups is 1. The zero-order chi connectivity index (χ0) is 19.6. The van der Waals surface area contributed by atoms with Gasteiger partial charge in [0.15, 0.2) is 6.61 Å². The molecule has 1 N–H and O–H groups in total. The number of carboxylic acids is 1. The molecule has 1 aliphatic rings. The number of rotatable bonds is 7. The lowest BCUT2D eigenvalue weighted by atomic mass is 9.92. The maximum absolute atomic E-state index is 11.2. The van der Waals surface area contributed by atoms with Crippen LogP contribution in [-0.2, 0) is 33.2 Å². The summed E-state index contributed by atoms with van der Waals surface area (Å²) in [6, 6.07) is 7.60. The number of ether oxygens (including phenoxy) is 1. The van der Waals surface area contributed by atoms with E-state index in [1.165, 1.54) is 0 Å². The number of nitrogens with zero attached hydrogens (tertiary/aromatic N) is 1. The van der Waals surface area contributed by atoms with E-state index in [4.69, 9.17) is 14.0 Å². The molecule has 3 unspecified atom stereocenters. The van der Waals surface area contributed by atoms with E-state index in [0.29, 0.717) is 12.8 Å². The second kappa shape index (κ2) is 8.16. The molecule has 7 nitrogen and oxygen atoms in total. The summed E-state index contributed by atoms with van der Waals surface area (Å²) in [5, 5.41) is 8.78. The Morgan fingerprint density at radius 2 is 2.04 bits per heavy atom. The van der Waals surface area contributed by atoms with Crippen molar-refractivity contribution in [3.8, 4) is 5.88 Å². The highest BCUT2D eigenvalue weighted by Crippen LogP contribution is 2.40. The third-order valence-electron chi connectivity index (χ3n) is 4.80. The van der Waals surface area contributed by atoms with E-state index >= 15 is 0 Å². The van der Waals surface area contributed by atoms with Crippen LogP contribution in [0.3, 0.4) is 0 Å². The van der Waals surface area contributed by atoms with Gasteiger partial charge in [-0.1, -0.05) is 29.8 Å². The van der Waals surface area contributed by atoms with Crippen molar-refractivity contribution >= 4 is 17.3 Å². The second-order valence-electron chi connectivity index (χ2n) is 6.67. The van der Waals surface area contributed by atoms with Gasteiger partial charge in [-0.3, -0.25) is 4.18 Å². The molecule has 0 aliphatic heterocycles. The summed E-state index contributed by atoms with van der Waals surface area (Å²) in [5.41, 5.74) is 4.67. The molecule has 1 aromatic carbocycles. The maximum Gasteiger partial charge on any atom is 0.341 e. The molecule has 8 heteroatoms. The number of aromatic nitrogens is 1. The van der Waals surface area contributed by atoms with E-state index < -0.39 is 30.0 Å². The fraction of sp³-hybridized carbons (Fsp3) is 0.368. The average molecular weight is 390 g/mol. The van der Waals surface area contributed by atoms with Crippen molar-refractivity contribution in [2.75, 3.05) is 6.61 Å². The van der Waals surface area contributed by atoms with Crippen molar-refractivity contribution in [1.29, 1.82) is 0 Å². The lowest BCUT2D eigenvalue weighted by Crippen LogP contribution is -2.18. The quantitative estimate of drug-likeness (QED) is 0.723. The molecule has 0 fully saturated rings. The molecular formula is C19H20NO6S-. The highest BCUT2D eigenvalue weighted by Gasteiger charge is 2.33. The maximum atomic E-state index is 11.2. The number of hydrogen-bond donors (Lipinski definition) is 1. The minimum Gasteiger partial charge on any atom is -0.750 e. The van der Waals surface area contributed by atoms with Gasteiger partial charge in [-0.25, -0.2) is 14.0 Å². The van der Waals surface area contributed by atoms with Gasteiger partial charge in [0.2, 0.25) is 5.88 Å². The first-order valence-electron chi connectivity index (χ1n) is 8.50. The number of pyridine rings is 1. The highest BCUT2D eigenvalue weighted by molar-refractivity contribution is 7.74. The Balaban J connectivity index is 1.85. The molecule has 3 rings (SSSR count). The SMILES string of the molecule is Cc1ccc(C(OS(=O)[O-])C2Cc3cnc(OCC(=O)O)c(C)c3C2)cc1. The Morgan fingerprint density at radius 3 is 2.67 bits per heavy atom. The largest absolute Gasteiger partial charge is 0.750 e. The van der Waals surface area contributed by atoms with Crippen LogP contribution in [0, 0.1) is 19.8 Å². The summed E-state index contributed by atoms with van der Waals surface area (Å²) >= 11 is -2.64. The summed E-state index contributed by atoms with van der Waals surface area (Å²) in [5.74, 6) is -0.854. The standard InChI is InChI=1S/C19H21NO6S/c1-11-3-5-13(6-4-11)18(26-27(23)24)14-7-15-9-20-19(25-10-17(21)22)12(2)16(15)8-14/h3-6,9,14,18H,7-8,10H2,1-2H3,(H,21,22)(H,23,24)/p-1. The second-order valence-corrected chi connectivity index (χ2v) is 7.28. The molecule has 0 saturated carbocycles. The first kappa shape index (κ1) is 19.5. The fourth-order valence-electron chi connectivity index (χ4n) is 3.49. The fourth-order valence-corrected chi connectivity index (χ4v) is 3.93. The minimum absolute atomic E-state index is 0.0733. The number of hydrogen-bond acceptors (Lipinski definition) is 6. The van der Waals surface area contributed by atoms with Crippen LogP contribution in [0.4, 0.5) is 0 Å². The number of carboxylic acid groups (broad SMARTS) is 1. The van der Waals surface area contributed by atoms with Crippen molar-refractivity contribution in [3.63, 3.8) is 0 Å². The number of aryl methyl sites for hydroxylation is 1. The molecule has 2 aromatic rings. The summed E-state index contributed by atoms with van der Waals surface area (Å²) in [7, 11) is 0. The molecule has 1 aromatic heterocycles. The molecule has 3 atom stereocenters. The summed E-state index contributed by atoms with van der Waals surface area (Å²) in [4.78, 5) is 14.9. The van der Waals surface area contributed by atoms with Crippen LogP contribution in [0.2, 0.25) is 0 Å². The van der Waals surface area contributed by atoms with Crippen LogP contribution >= 0.6 is 0 Å². The summed E-state index contributed by atoms with van der Waals surface area (Å²) < 4.78 is 32.9. The van der Waals surface area contributed by atoms with Crippen LogP contribution in [-0.4, -0.2) is 31.4 Å². The Labute approximate surface area is 159 Å². The van der Waals surface area contributed by atoms with Crippen molar-refractivity contribution in [2.45, 2.75) is 32.8 Å². The molecule has 144 valence electrons. The first-order chi connectivity index (χ1) is 12.8. The summed E-state index contributed by atoms with van der Waals surface area (Å²) in [6.07, 6.45) is 2.29. The number of aliphatic carboxylic acids is 1. The van der Waals surface area contributed by atoms with Gasteiger partial charge in [-0.2, -0.15) is 0 Å². The van der Waals surface area contributed by atoms with Gasteiger partial charge in [0.25, 0.3) is 0 Å². The van der Waals surface area contributed by atoms with Crippen LogP contribution in [0.5, 0.6) is 5.88 Å². The lowest BCUT2D eigenvalue weighted by molar-refractivity contribution is -0.139. The molecule has 27 heavy (non-hydrogen) atoms. The van der Waals surface area contributed by atoms with Crippen molar-refractivity contribution in [3.05, 3.63) is 58.3 Å². The van der Waals surface area contributed by atoms with Crippen molar-refractivity contribution < 1.29 is 27.6 Å². The van der Waals surface area contributed by atoms with E-state index in [2.05, 4.69) is 4.98 Å². The Morgan fingerprint density at radius 1 is 1.33 bits per heavy atom. The highest BCUT2D eigenvalue weighted by atomic mass is 32.2. The first-order valence-corrected chi connectivity index (χ1v) is 9.50. The van der Waals surface area contributed by atoms with Gasteiger partial charge in [0.05, 0.1) is 11.4 Å². The lowest BCUT2D eigenvalue weighted by Gasteiger charge is -2.25. The van der Waals surface area contributed by atoms with Crippen LogP contribution in [0.25, 0.3) is 0 Å². The molecule has 1 aliphatic carbocycles. The van der Waals surface area contributed by atoms with Gasteiger partial charge in [-0.05, 0) is 49.3 Å². The van der Waals surface area contributed by atoms with Crippen molar-refractivity contribution in [2.24, 2.45) is 5.92 Å². The van der Waals surface area contributed by atoms with Gasteiger partial charge in [0, 0.05) is 11.8 Å². The predicted molar refractivity (Wildman–Crippen MR) is 96.9 cm³/mol. The molecule has 0 saturated heterocycles. The third-order valence-corrected chi connectivity index (χ3v) is 5.16. The van der Waals surface area contributed by atoms with Gasteiger partial charge < -0.3 is 14.4 Å². The molecule has 0 amide bonds. The monoisotopic (exact) mass is 390 g/mol. The van der Waals surface area contributed by atoms with E-state index in [1.807, 2.05) is 38.1 Å². The topological polar surface area (TPSA) is 109 Å². The Hall–Kier alpha value is -2.29. The molecule has 0 spiro atoms. The van der Waals surface area contributed by atoms with Crippen molar-refractivity contribution in [1.82, 2.24) is 4.98 Å². The normalized spacial score (nSPS) is 18.0. The third kappa shape index (κ3) is 4.52. The van der Waals surface area contributed by atoms with E-state index in [-0.39, 0.29) is 11.8 Å². The summed E-state index contributed by atoms with van der Waals surface area (Å²) in [6.45, 7) is 3.34. The van der Waals surface area contributed by atoms with Gasteiger partial charge in [0.1, 0.15) is 6.10 Å².